The van der Waals surface area contributed by atoms with E-state index in [0.29, 0.717) is 16.9 Å². The second-order valence-electron chi connectivity index (χ2n) is 4.50. The molecule has 6 nitrogen and oxygen atoms in total. The van der Waals surface area contributed by atoms with E-state index in [4.69, 9.17) is 4.74 Å². The maximum Gasteiger partial charge on any atom is 0.266 e. The Morgan fingerprint density at radius 2 is 1.95 bits per heavy atom. The number of aromatic hydroxyl groups is 1. The van der Waals surface area contributed by atoms with Crippen molar-refractivity contribution in [3.8, 4) is 22.6 Å². The number of hydrogen-bond donors (Lipinski definition) is 2. The van der Waals surface area contributed by atoms with Crippen LogP contribution in [0.15, 0.2) is 41.3 Å². The molecule has 0 saturated heterocycles. The molecule has 2 aromatic carbocycles. The molecule has 0 spiro atoms. The molecule has 0 fully saturated rings. The van der Waals surface area contributed by atoms with Crippen molar-refractivity contribution in [1.82, 2.24) is 4.72 Å². The van der Waals surface area contributed by atoms with E-state index in [-0.39, 0.29) is 16.2 Å². The van der Waals surface area contributed by atoms with Crippen LogP contribution in [0.2, 0.25) is 0 Å². The number of sulfonamides is 1. The average molecular weight is 305 g/mol. The topological polar surface area (TPSA) is 92.7 Å². The van der Waals surface area contributed by atoms with Gasteiger partial charge in [0.25, 0.3) is 15.9 Å². The van der Waals surface area contributed by atoms with Gasteiger partial charge in [0.15, 0.2) is 0 Å². The average Bonchev–Trinajstić information content (AvgIpc) is 2.68. The number of methoxy groups -OCH3 is 1. The van der Waals surface area contributed by atoms with Gasteiger partial charge in [0.1, 0.15) is 16.4 Å². The van der Waals surface area contributed by atoms with Gasteiger partial charge in [-0.15, -0.1) is 0 Å². The molecule has 0 radical (unpaired) electrons. The summed E-state index contributed by atoms with van der Waals surface area (Å²) in [5.74, 6) is -0.270. The largest absolute Gasteiger partial charge is 0.507 e. The van der Waals surface area contributed by atoms with Crippen LogP contribution >= 0.6 is 0 Å². The highest BCUT2D eigenvalue weighted by molar-refractivity contribution is 7.90. The SMILES string of the molecule is COc1cccc(O)c1-c1ccc2c(c1)C(=O)NS2(=O)=O. The fraction of sp³-hybridized carbons (Fsp3) is 0.0714. The second-order valence-corrected chi connectivity index (χ2v) is 6.15. The Labute approximate surface area is 121 Å². The number of nitrogens with one attached hydrogen (secondary N) is 1. The third-order valence-corrected chi connectivity index (χ3v) is 4.64. The second kappa shape index (κ2) is 4.49. The van der Waals surface area contributed by atoms with E-state index in [1.54, 1.807) is 12.1 Å². The molecule has 0 aliphatic carbocycles. The third-order valence-electron chi connectivity index (χ3n) is 3.25. The minimum atomic E-state index is -3.77. The molecule has 108 valence electrons. The van der Waals surface area contributed by atoms with E-state index in [0.717, 1.165) is 0 Å². The van der Waals surface area contributed by atoms with Crippen LogP contribution in [0.3, 0.4) is 0 Å². The summed E-state index contributed by atoms with van der Waals surface area (Å²) in [5.41, 5.74) is 0.952. The molecule has 2 aromatic rings. The highest BCUT2D eigenvalue weighted by atomic mass is 32.2. The molecule has 0 unspecified atom stereocenters. The van der Waals surface area contributed by atoms with Crippen LogP contribution in [0.5, 0.6) is 11.5 Å². The maximum absolute atomic E-state index is 11.7. The Bertz CT molecular complexity index is 858. The third kappa shape index (κ3) is 2.02. The van der Waals surface area contributed by atoms with Crippen LogP contribution in [0.1, 0.15) is 10.4 Å². The summed E-state index contributed by atoms with van der Waals surface area (Å²) in [4.78, 5) is 11.7. The Hall–Kier alpha value is -2.54. The van der Waals surface area contributed by atoms with Crippen LogP contribution < -0.4 is 9.46 Å². The van der Waals surface area contributed by atoms with Crippen LogP contribution in [-0.4, -0.2) is 26.5 Å². The van der Waals surface area contributed by atoms with Crippen LogP contribution in [-0.2, 0) is 10.0 Å². The summed E-state index contributed by atoms with van der Waals surface area (Å²) in [7, 11) is -2.31. The van der Waals surface area contributed by atoms with Crippen molar-refractivity contribution in [3.63, 3.8) is 0 Å². The van der Waals surface area contributed by atoms with Gasteiger partial charge in [0, 0.05) is 0 Å². The van der Waals surface area contributed by atoms with Gasteiger partial charge in [0.05, 0.1) is 18.2 Å². The molecular formula is C14H11NO5S. The van der Waals surface area contributed by atoms with Crippen molar-refractivity contribution in [1.29, 1.82) is 0 Å². The zero-order valence-corrected chi connectivity index (χ0v) is 11.8. The lowest BCUT2D eigenvalue weighted by Gasteiger charge is -2.11. The standard InChI is InChI=1S/C14H11NO5S/c1-20-11-4-2-3-10(16)13(11)8-5-6-12-9(7-8)14(17)15-21(12,18)19/h2-7,16H,1H3,(H,15,17). The first-order chi connectivity index (χ1) is 9.94. The normalized spacial score (nSPS) is 15.4. The minimum absolute atomic E-state index is 0.0180. The van der Waals surface area contributed by atoms with Gasteiger partial charge in [-0.05, 0) is 29.8 Å². The molecule has 1 aliphatic rings. The lowest BCUT2D eigenvalue weighted by molar-refractivity contribution is 0.0985. The molecule has 1 heterocycles. The molecule has 3 rings (SSSR count). The van der Waals surface area contributed by atoms with Crippen LogP contribution in [0.25, 0.3) is 11.1 Å². The monoisotopic (exact) mass is 305 g/mol. The summed E-state index contributed by atoms with van der Waals surface area (Å²) in [6.07, 6.45) is 0. The molecule has 0 bridgehead atoms. The lowest BCUT2D eigenvalue weighted by atomic mass is 10.0. The van der Waals surface area contributed by atoms with Crippen molar-refractivity contribution in [2.45, 2.75) is 4.90 Å². The number of amides is 1. The lowest BCUT2D eigenvalue weighted by Crippen LogP contribution is -2.20. The molecule has 0 saturated carbocycles. The highest BCUT2D eigenvalue weighted by Crippen LogP contribution is 2.39. The number of rotatable bonds is 2. The van der Waals surface area contributed by atoms with E-state index in [1.165, 1.54) is 31.4 Å². The van der Waals surface area contributed by atoms with Crippen molar-refractivity contribution in [2.75, 3.05) is 7.11 Å². The smallest absolute Gasteiger partial charge is 0.266 e. The number of phenols is 1. The molecule has 21 heavy (non-hydrogen) atoms. The van der Waals surface area contributed by atoms with E-state index >= 15 is 0 Å². The van der Waals surface area contributed by atoms with Crippen molar-refractivity contribution >= 4 is 15.9 Å². The summed E-state index contributed by atoms with van der Waals surface area (Å²) in [6, 6.07) is 9.06. The Kier molecular flexibility index (Phi) is 2.87. The molecule has 7 heteroatoms. The molecule has 0 atom stereocenters. The van der Waals surface area contributed by atoms with E-state index in [1.807, 2.05) is 4.72 Å². The first kappa shape index (κ1) is 13.4. The van der Waals surface area contributed by atoms with Gasteiger partial charge >= 0.3 is 0 Å². The summed E-state index contributed by atoms with van der Waals surface area (Å²) in [5, 5.41) is 9.99. The van der Waals surface area contributed by atoms with Crippen LogP contribution in [0, 0.1) is 0 Å². The Morgan fingerprint density at radius 1 is 1.19 bits per heavy atom. The number of phenolic OH excluding ortho intramolecular Hbond substituents is 1. The number of fused-ring (bicyclic) bond motifs is 1. The number of benzene rings is 2. The van der Waals surface area contributed by atoms with Gasteiger partial charge in [-0.3, -0.25) is 4.79 Å². The van der Waals surface area contributed by atoms with Gasteiger partial charge in [-0.2, -0.15) is 0 Å². The van der Waals surface area contributed by atoms with Gasteiger partial charge < -0.3 is 9.84 Å². The van der Waals surface area contributed by atoms with Crippen molar-refractivity contribution in [2.24, 2.45) is 0 Å². The van der Waals surface area contributed by atoms with Gasteiger partial charge in [0.2, 0.25) is 0 Å². The van der Waals surface area contributed by atoms with Crippen molar-refractivity contribution < 1.29 is 23.1 Å². The van der Waals surface area contributed by atoms with Gasteiger partial charge in [-0.25, -0.2) is 13.1 Å². The molecule has 0 aromatic heterocycles. The first-order valence-electron chi connectivity index (χ1n) is 6.01. The molecule has 2 N–H and O–H groups in total. The predicted molar refractivity (Wildman–Crippen MR) is 74.7 cm³/mol. The zero-order valence-electron chi connectivity index (χ0n) is 11.0. The summed E-state index contributed by atoms with van der Waals surface area (Å²) < 4.78 is 30.5. The fourth-order valence-corrected chi connectivity index (χ4v) is 3.46. The summed E-state index contributed by atoms with van der Waals surface area (Å²) in [6.45, 7) is 0. The number of carbonyl (C=O) groups is 1. The zero-order chi connectivity index (χ0) is 15.2. The van der Waals surface area contributed by atoms with Gasteiger partial charge in [-0.1, -0.05) is 12.1 Å². The number of carbonyl (C=O) groups excluding carboxylic acids is 1. The predicted octanol–water partition coefficient (Wildman–Crippen LogP) is 1.50. The van der Waals surface area contributed by atoms with Crippen LogP contribution in [0.4, 0.5) is 0 Å². The first-order valence-corrected chi connectivity index (χ1v) is 7.50. The number of hydrogen-bond acceptors (Lipinski definition) is 5. The van der Waals surface area contributed by atoms with E-state index in [9.17, 15) is 18.3 Å². The molecule has 1 amide bonds. The fourth-order valence-electron chi connectivity index (χ4n) is 2.31. The van der Waals surface area contributed by atoms with E-state index < -0.39 is 15.9 Å². The Balaban J connectivity index is 2.24. The van der Waals surface area contributed by atoms with E-state index in [2.05, 4.69) is 0 Å². The summed E-state index contributed by atoms with van der Waals surface area (Å²) >= 11 is 0. The maximum atomic E-state index is 11.7. The Morgan fingerprint density at radius 3 is 2.67 bits per heavy atom. The molecular weight excluding hydrogens is 294 g/mol. The minimum Gasteiger partial charge on any atom is -0.507 e. The number of ether oxygens (including phenoxy) is 1. The highest BCUT2D eigenvalue weighted by Gasteiger charge is 2.32. The van der Waals surface area contributed by atoms with Crippen molar-refractivity contribution in [3.05, 3.63) is 42.0 Å². The quantitative estimate of drug-likeness (QED) is 0.877. The molecule has 1 aliphatic heterocycles.